The Kier molecular flexibility index (Phi) is 3.66. The van der Waals surface area contributed by atoms with E-state index in [1.54, 1.807) is 23.0 Å². The van der Waals surface area contributed by atoms with Gasteiger partial charge in [0.25, 0.3) is 0 Å². The summed E-state index contributed by atoms with van der Waals surface area (Å²) in [6, 6.07) is 5.18. The number of benzene rings is 1. The number of aromatic nitrogens is 4. The van der Waals surface area contributed by atoms with Gasteiger partial charge >= 0.3 is 0 Å². The van der Waals surface area contributed by atoms with Crippen molar-refractivity contribution in [3.8, 4) is 17.1 Å². The summed E-state index contributed by atoms with van der Waals surface area (Å²) in [5.41, 5.74) is 1.90. The molecule has 3 aromatic rings. The van der Waals surface area contributed by atoms with Gasteiger partial charge in [0.2, 0.25) is 0 Å². The van der Waals surface area contributed by atoms with Gasteiger partial charge in [-0.1, -0.05) is 17.7 Å². The van der Waals surface area contributed by atoms with Gasteiger partial charge in [0.05, 0.1) is 11.2 Å². The van der Waals surface area contributed by atoms with Gasteiger partial charge in [-0.2, -0.15) is 5.10 Å². The smallest absolute Gasteiger partial charge is 0.141 e. The van der Waals surface area contributed by atoms with Gasteiger partial charge in [-0.25, -0.2) is 4.98 Å². The molecule has 0 aliphatic carbocycles. The van der Waals surface area contributed by atoms with Crippen molar-refractivity contribution >= 4 is 11.6 Å². The number of aryl methyl sites for hydroxylation is 3. The second-order valence-corrected chi connectivity index (χ2v) is 5.23. The lowest BCUT2D eigenvalue weighted by Crippen LogP contribution is -2.02. The average molecular weight is 303 g/mol. The maximum atomic E-state index is 9.72. The second-order valence-electron chi connectivity index (χ2n) is 4.86. The predicted molar refractivity (Wildman–Crippen MR) is 81.2 cm³/mol. The first-order chi connectivity index (χ1) is 10.1. The summed E-state index contributed by atoms with van der Waals surface area (Å²) < 4.78 is 3.81. The number of aromatic hydroxyl groups is 1. The highest BCUT2D eigenvalue weighted by Gasteiger charge is 2.12. The first-order valence-electron chi connectivity index (χ1n) is 6.61. The SMILES string of the molecule is Cn1cc(CCn2ccnc2-c2cccc(O)c2Cl)cn1. The van der Waals surface area contributed by atoms with Crippen molar-refractivity contribution in [2.24, 2.45) is 7.05 Å². The van der Waals surface area contributed by atoms with Crippen molar-refractivity contribution in [1.82, 2.24) is 19.3 Å². The summed E-state index contributed by atoms with van der Waals surface area (Å²) in [6.45, 7) is 0.771. The zero-order valence-corrected chi connectivity index (χ0v) is 12.3. The third kappa shape index (κ3) is 2.78. The Balaban J connectivity index is 1.85. The molecule has 0 amide bonds. The normalized spacial score (nSPS) is 11.0. The van der Waals surface area contributed by atoms with Crippen LogP contribution in [-0.2, 0) is 20.0 Å². The molecule has 3 rings (SSSR count). The summed E-state index contributed by atoms with van der Waals surface area (Å²) in [4.78, 5) is 4.35. The second kappa shape index (κ2) is 5.61. The molecule has 0 spiro atoms. The molecule has 0 bridgehead atoms. The number of rotatable bonds is 4. The molecule has 5 nitrogen and oxygen atoms in total. The van der Waals surface area contributed by atoms with Crippen LogP contribution >= 0.6 is 11.6 Å². The van der Waals surface area contributed by atoms with E-state index in [0.717, 1.165) is 24.4 Å². The summed E-state index contributed by atoms with van der Waals surface area (Å²) >= 11 is 6.16. The number of halogens is 1. The van der Waals surface area contributed by atoms with E-state index in [0.29, 0.717) is 5.02 Å². The molecule has 2 aromatic heterocycles. The van der Waals surface area contributed by atoms with E-state index >= 15 is 0 Å². The number of imidazole rings is 1. The summed E-state index contributed by atoms with van der Waals surface area (Å²) in [7, 11) is 1.90. The van der Waals surface area contributed by atoms with Crippen LogP contribution in [0.1, 0.15) is 5.56 Å². The maximum absolute atomic E-state index is 9.72. The molecule has 0 aliphatic rings. The fraction of sp³-hybridized carbons (Fsp3) is 0.200. The Morgan fingerprint density at radius 1 is 1.33 bits per heavy atom. The van der Waals surface area contributed by atoms with Crippen molar-refractivity contribution in [1.29, 1.82) is 0 Å². The van der Waals surface area contributed by atoms with Crippen LogP contribution in [0.25, 0.3) is 11.4 Å². The molecule has 0 aliphatic heterocycles. The van der Waals surface area contributed by atoms with Crippen LogP contribution in [0.3, 0.4) is 0 Å². The molecule has 0 atom stereocenters. The minimum Gasteiger partial charge on any atom is -0.506 e. The van der Waals surface area contributed by atoms with E-state index in [4.69, 9.17) is 11.6 Å². The van der Waals surface area contributed by atoms with Crippen LogP contribution in [0.5, 0.6) is 5.75 Å². The van der Waals surface area contributed by atoms with Gasteiger partial charge in [0, 0.05) is 37.7 Å². The first-order valence-corrected chi connectivity index (χ1v) is 6.99. The van der Waals surface area contributed by atoms with Crippen LogP contribution in [0.4, 0.5) is 0 Å². The summed E-state index contributed by atoms with van der Waals surface area (Å²) in [5, 5.41) is 14.2. The standard InChI is InChI=1S/C15H15ClN4O/c1-19-10-11(9-18-19)5-7-20-8-6-17-15(20)12-3-2-4-13(21)14(12)16/h2-4,6,8-10,21H,5,7H2,1H3. The zero-order valence-electron chi connectivity index (χ0n) is 11.6. The lowest BCUT2D eigenvalue weighted by Gasteiger charge is -2.09. The summed E-state index contributed by atoms with van der Waals surface area (Å²) in [5.74, 6) is 0.816. The van der Waals surface area contributed by atoms with Gasteiger partial charge < -0.3 is 9.67 Å². The monoisotopic (exact) mass is 302 g/mol. The molecule has 1 N–H and O–H groups in total. The molecule has 0 unspecified atom stereocenters. The molecular weight excluding hydrogens is 288 g/mol. The van der Waals surface area contributed by atoms with Crippen molar-refractivity contribution in [3.05, 3.63) is 53.6 Å². The molecule has 1 aromatic carbocycles. The van der Waals surface area contributed by atoms with Crippen LogP contribution in [0.15, 0.2) is 43.0 Å². The number of hydrogen-bond donors (Lipinski definition) is 1. The number of nitrogens with zero attached hydrogens (tertiary/aromatic N) is 4. The van der Waals surface area contributed by atoms with Crippen molar-refractivity contribution in [3.63, 3.8) is 0 Å². The van der Waals surface area contributed by atoms with E-state index < -0.39 is 0 Å². The van der Waals surface area contributed by atoms with Crippen molar-refractivity contribution in [2.75, 3.05) is 0 Å². The van der Waals surface area contributed by atoms with Gasteiger partial charge in [0.1, 0.15) is 11.6 Å². The fourth-order valence-electron chi connectivity index (χ4n) is 2.28. The van der Waals surface area contributed by atoms with E-state index in [1.807, 2.05) is 36.3 Å². The van der Waals surface area contributed by atoms with E-state index in [-0.39, 0.29) is 5.75 Å². The van der Waals surface area contributed by atoms with Gasteiger partial charge in [-0.3, -0.25) is 4.68 Å². The summed E-state index contributed by atoms with van der Waals surface area (Å²) in [6.07, 6.45) is 8.36. The molecule has 2 heterocycles. The Morgan fingerprint density at radius 3 is 2.95 bits per heavy atom. The molecule has 0 saturated heterocycles. The quantitative estimate of drug-likeness (QED) is 0.806. The predicted octanol–water partition coefficient (Wildman–Crippen LogP) is 2.89. The molecule has 0 radical (unpaired) electrons. The Hall–Kier alpha value is -2.27. The topological polar surface area (TPSA) is 55.9 Å². The highest BCUT2D eigenvalue weighted by molar-refractivity contribution is 6.34. The van der Waals surface area contributed by atoms with Crippen molar-refractivity contribution < 1.29 is 5.11 Å². The van der Waals surface area contributed by atoms with E-state index in [1.165, 1.54) is 5.56 Å². The molecular formula is C15H15ClN4O. The molecule has 0 fully saturated rings. The maximum Gasteiger partial charge on any atom is 0.141 e. The van der Waals surface area contributed by atoms with Crippen molar-refractivity contribution in [2.45, 2.75) is 13.0 Å². The van der Waals surface area contributed by atoms with Crippen LogP contribution < -0.4 is 0 Å². The average Bonchev–Trinajstić information content (AvgIpc) is 3.08. The molecule has 6 heteroatoms. The first kappa shape index (κ1) is 13.7. The van der Waals surface area contributed by atoms with Gasteiger partial charge in [-0.05, 0) is 24.1 Å². The third-order valence-electron chi connectivity index (χ3n) is 3.33. The van der Waals surface area contributed by atoms with Crippen LogP contribution in [0, 0.1) is 0 Å². The lowest BCUT2D eigenvalue weighted by molar-refractivity contribution is 0.475. The Morgan fingerprint density at radius 2 is 2.19 bits per heavy atom. The Bertz CT molecular complexity index is 763. The number of phenols is 1. The third-order valence-corrected chi connectivity index (χ3v) is 3.73. The number of phenolic OH excluding ortho intramolecular Hbond substituents is 1. The van der Waals surface area contributed by atoms with Gasteiger partial charge in [0.15, 0.2) is 0 Å². The van der Waals surface area contributed by atoms with Crippen LogP contribution in [0.2, 0.25) is 5.02 Å². The Labute approximate surface area is 127 Å². The fourth-order valence-corrected chi connectivity index (χ4v) is 2.49. The molecule has 21 heavy (non-hydrogen) atoms. The van der Waals surface area contributed by atoms with Crippen LogP contribution in [-0.4, -0.2) is 24.4 Å². The molecule has 0 saturated carbocycles. The molecule has 108 valence electrons. The van der Waals surface area contributed by atoms with Gasteiger partial charge in [-0.15, -0.1) is 0 Å². The minimum absolute atomic E-state index is 0.0657. The lowest BCUT2D eigenvalue weighted by atomic mass is 10.2. The van der Waals surface area contributed by atoms with E-state index in [9.17, 15) is 5.11 Å². The minimum atomic E-state index is 0.0657. The van der Waals surface area contributed by atoms with E-state index in [2.05, 4.69) is 10.1 Å². The highest BCUT2D eigenvalue weighted by atomic mass is 35.5. The number of hydrogen-bond acceptors (Lipinski definition) is 3. The highest BCUT2D eigenvalue weighted by Crippen LogP contribution is 2.33. The zero-order chi connectivity index (χ0) is 14.8. The largest absolute Gasteiger partial charge is 0.506 e.